The molecule has 134 valence electrons. The molecule has 0 amide bonds. The summed E-state index contributed by atoms with van der Waals surface area (Å²) in [5.41, 5.74) is 1.62. The average Bonchev–Trinajstić information content (AvgIpc) is 3.34. The van der Waals surface area contributed by atoms with Crippen LogP contribution in [0.1, 0.15) is 22.4 Å². The van der Waals surface area contributed by atoms with Gasteiger partial charge in [-0.2, -0.15) is 0 Å². The van der Waals surface area contributed by atoms with E-state index in [1.54, 1.807) is 11.6 Å². The molecule has 0 unspecified atom stereocenters. The van der Waals surface area contributed by atoms with Crippen molar-refractivity contribution in [2.24, 2.45) is 0 Å². The lowest BCUT2D eigenvalue weighted by molar-refractivity contribution is 0.0422. The van der Waals surface area contributed by atoms with Crippen LogP contribution in [0.2, 0.25) is 0 Å². The summed E-state index contributed by atoms with van der Waals surface area (Å²) in [6.45, 7) is 1.52. The normalized spacial score (nSPS) is 10.7. The van der Waals surface area contributed by atoms with Gasteiger partial charge in [0.15, 0.2) is 12.4 Å². The molecule has 2 aromatic carbocycles. The van der Waals surface area contributed by atoms with Crippen molar-refractivity contribution in [3.63, 3.8) is 0 Å². The van der Waals surface area contributed by atoms with Crippen molar-refractivity contribution >= 4 is 5.97 Å². The first kappa shape index (κ1) is 16.6. The predicted octanol–water partition coefficient (Wildman–Crippen LogP) is 2.98. The number of rotatable bonds is 5. The number of esters is 1. The molecule has 27 heavy (non-hydrogen) atoms. The molecule has 4 rings (SSSR count). The van der Waals surface area contributed by atoms with Gasteiger partial charge in [-0.3, -0.25) is 0 Å². The van der Waals surface area contributed by atoms with Gasteiger partial charge in [0.25, 0.3) is 11.7 Å². The molecule has 2 heterocycles. The lowest BCUT2D eigenvalue weighted by Gasteiger charge is -2.05. The number of hydrogen-bond donors (Lipinski definition) is 0. The van der Waals surface area contributed by atoms with E-state index in [2.05, 4.69) is 20.3 Å². The Morgan fingerprint density at radius 2 is 1.74 bits per heavy atom. The van der Waals surface area contributed by atoms with Crippen molar-refractivity contribution in [2.45, 2.75) is 13.5 Å². The van der Waals surface area contributed by atoms with Crippen LogP contribution in [0.25, 0.3) is 17.1 Å². The van der Waals surface area contributed by atoms with E-state index in [1.807, 2.05) is 60.7 Å². The number of carbonyl (C=O) groups is 1. The average molecular weight is 361 g/mol. The zero-order valence-electron chi connectivity index (χ0n) is 14.4. The van der Waals surface area contributed by atoms with E-state index in [0.717, 1.165) is 11.3 Å². The topological polar surface area (TPSA) is 95.9 Å². The second-order valence-electron chi connectivity index (χ2n) is 5.66. The molecule has 0 bridgehead atoms. The fourth-order valence-corrected chi connectivity index (χ4v) is 2.51. The number of ether oxygens (including phenoxy) is 1. The van der Waals surface area contributed by atoms with Crippen molar-refractivity contribution in [3.8, 4) is 17.1 Å². The quantitative estimate of drug-likeness (QED) is 0.504. The van der Waals surface area contributed by atoms with Crippen LogP contribution in [0.4, 0.5) is 0 Å². The largest absolute Gasteiger partial charge is 0.450 e. The summed E-state index contributed by atoms with van der Waals surface area (Å²) in [5, 5.41) is 11.8. The molecule has 0 spiro atoms. The van der Waals surface area contributed by atoms with E-state index in [0.29, 0.717) is 11.7 Å². The number of para-hydroxylation sites is 1. The van der Waals surface area contributed by atoms with E-state index >= 15 is 0 Å². The minimum Gasteiger partial charge on any atom is -0.450 e. The van der Waals surface area contributed by atoms with Crippen LogP contribution < -0.4 is 0 Å². The number of hydrogen-bond acceptors (Lipinski definition) is 7. The van der Waals surface area contributed by atoms with Gasteiger partial charge in [-0.15, -0.1) is 15.3 Å². The zero-order chi connectivity index (χ0) is 18.6. The third-order valence-electron chi connectivity index (χ3n) is 3.72. The summed E-state index contributed by atoms with van der Waals surface area (Å²) >= 11 is 0. The summed E-state index contributed by atoms with van der Waals surface area (Å²) in [5.74, 6) is 0.444. The summed E-state index contributed by atoms with van der Waals surface area (Å²) in [4.78, 5) is 16.8. The first-order valence-corrected chi connectivity index (χ1v) is 8.25. The van der Waals surface area contributed by atoms with Crippen molar-refractivity contribution in [3.05, 3.63) is 78.3 Å². The van der Waals surface area contributed by atoms with Crippen LogP contribution in [0.5, 0.6) is 0 Å². The Labute approximate surface area is 154 Å². The monoisotopic (exact) mass is 361 g/mol. The number of carbonyl (C=O) groups excluding carboxylic acids is 1. The molecule has 0 aliphatic rings. The van der Waals surface area contributed by atoms with Crippen molar-refractivity contribution in [1.29, 1.82) is 0 Å². The molecule has 0 atom stereocenters. The second kappa shape index (κ2) is 7.20. The molecule has 0 N–H and O–H groups in total. The standard InChI is InChI=1S/C19H15N5O3/c1-13-21-22-16(27-13)12-26-19(25)17-20-18(14-8-4-2-5-9-14)24(23-17)15-10-6-3-7-11-15/h2-11H,12H2,1H3. The van der Waals surface area contributed by atoms with Gasteiger partial charge in [0.05, 0.1) is 5.69 Å². The fraction of sp³-hybridized carbons (Fsp3) is 0.105. The minimum atomic E-state index is -0.669. The van der Waals surface area contributed by atoms with E-state index in [1.165, 1.54) is 0 Å². The molecule has 0 saturated heterocycles. The maximum absolute atomic E-state index is 12.4. The Morgan fingerprint density at radius 3 is 2.41 bits per heavy atom. The van der Waals surface area contributed by atoms with E-state index < -0.39 is 5.97 Å². The Hall–Kier alpha value is -3.81. The molecule has 0 radical (unpaired) electrons. The molecular weight excluding hydrogens is 346 g/mol. The lowest BCUT2D eigenvalue weighted by Crippen LogP contribution is -2.08. The third kappa shape index (κ3) is 3.59. The molecule has 2 aromatic heterocycles. The Kier molecular flexibility index (Phi) is 4.44. The number of aromatic nitrogens is 5. The Bertz CT molecular complexity index is 1000. The summed E-state index contributed by atoms with van der Waals surface area (Å²) < 4.78 is 12.0. The molecule has 4 aromatic rings. The molecule has 8 nitrogen and oxygen atoms in total. The summed E-state index contributed by atoms with van der Waals surface area (Å²) in [7, 11) is 0. The van der Waals surface area contributed by atoms with E-state index in [4.69, 9.17) is 9.15 Å². The maximum Gasteiger partial charge on any atom is 0.378 e. The van der Waals surface area contributed by atoms with Crippen LogP contribution in [-0.4, -0.2) is 30.9 Å². The third-order valence-corrected chi connectivity index (χ3v) is 3.72. The highest BCUT2D eigenvalue weighted by molar-refractivity contribution is 5.85. The van der Waals surface area contributed by atoms with Gasteiger partial charge < -0.3 is 9.15 Å². The summed E-state index contributed by atoms with van der Waals surface area (Å²) in [6, 6.07) is 19.0. The lowest BCUT2D eigenvalue weighted by atomic mass is 10.2. The van der Waals surface area contributed by atoms with E-state index in [-0.39, 0.29) is 18.3 Å². The van der Waals surface area contributed by atoms with Crippen molar-refractivity contribution < 1.29 is 13.9 Å². The highest BCUT2D eigenvalue weighted by atomic mass is 16.5. The SMILES string of the molecule is Cc1nnc(COC(=O)c2nc(-c3ccccc3)n(-c3ccccc3)n2)o1. The van der Waals surface area contributed by atoms with Gasteiger partial charge >= 0.3 is 5.97 Å². The number of benzene rings is 2. The molecule has 0 saturated carbocycles. The van der Waals surface area contributed by atoms with Crippen LogP contribution in [0, 0.1) is 6.92 Å². The van der Waals surface area contributed by atoms with Crippen LogP contribution in [-0.2, 0) is 11.3 Å². The summed E-state index contributed by atoms with van der Waals surface area (Å²) in [6.07, 6.45) is 0. The van der Waals surface area contributed by atoms with Gasteiger partial charge in [0, 0.05) is 12.5 Å². The van der Waals surface area contributed by atoms with Crippen LogP contribution in [0.3, 0.4) is 0 Å². The zero-order valence-corrected chi connectivity index (χ0v) is 14.4. The molecule has 0 aliphatic carbocycles. The first-order valence-electron chi connectivity index (χ1n) is 8.25. The van der Waals surface area contributed by atoms with Gasteiger partial charge in [0.1, 0.15) is 0 Å². The maximum atomic E-state index is 12.4. The molecule has 0 aliphatic heterocycles. The fourth-order valence-electron chi connectivity index (χ4n) is 2.51. The highest BCUT2D eigenvalue weighted by Crippen LogP contribution is 2.21. The molecule has 0 fully saturated rings. The van der Waals surface area contributed by atoms with Crippen molar-refractivity contribution in [1.82, 2.24) is 25.0 Å². The predicted molar refractivity (Wildman–Crippen MR) is 94.9 cm³/mol. The van der Waals surface area contributed by atoms with Crippen LogP contribution >= 0.6 is 0 Å². The first-order chi connectivity index (χ1) is 13.2. The van der Waals surface area contributed by atoms with Gasteiger partial charge in [-0.1, -0.05) is 48.5 Å². The van der Waals surface area contributed by atoms with Gasteiger partial charge in [-0.25, -0.2) is 14.5 Å². The van der Waals surface area contributed by atoms with E-state index in [9.17, 15) is 4.79 Å². The molecule has 8 heteroatoms. The number of nitrogens with zero attached hydrogens (tertiary/aromatic N) is 5. The smallest absolute Gasteiger partial charge is 0.378 e. The van der Waals surface area contributed by atoms with Crippen LogP contribution in [0.15, 0.2) is 65.1 Å². The van der Waals surface area contributed by atoms with Gasteiger partial charge in [0.2, 0.25) is 5.89 Å². The minimum absolute atomic E-state index is 0.0473. The molecular formula is C19H15N5O3. The number of aryl methyl sites for hydroxylation is 1. The van der Waals surface area contributed by atoms with Gasteiger partial charge in [-0.05, 0) is 12.1 Å². The second-order valence-corrected chi connectivity index (χ2v) is 5.66. The highest BCUT2D eigenvalue weighted by Gasteiger charge is 2.20. The Morgan fingerprint density at radius 1 is 1.04 bits per heavy atom. The van der Waals surface area contributed by atoms with Crippen molar-refractivity contribution in [2.75, 3.05) is 0 Å². The Balaban J connectivity index is 1.65.